The number of rotatable bonds is 3. The molecule has 0 aliphatic carbocycles. The molecule has 0 spiro atoms. The van der Waals surface area contributed by atoms with E-state index in [9.17, 15) is 9.90 Å². The summed E-state index contributed by atoms with van der Waals surface area (Å²) in [6.07, 6.45) is 1.28. The molecule has 2 aromatic carbocycles. The van der Waals surface area contributed by atoms with E-state index in [1.807, 2.05) is 6.07 Å². The second-order valence-corrected chi connectivity index (χ2v) is 6.88. The van der Waals surface area contributed by atoms with Crippen LogP contribution in [-0.4, -0.2) is 20.1 Å². The van der Waals surface area contributed by atoms with Gasteiger partial charge in [0.25, 0.3) is 5.56 Å². The lowest BCUT2D eigenvalue weighted by atomic mass is 10.2. The van der Waals surface area contributed by atoms with Gasteiger partial charge in [-0.3, -0.25) is 4.79 Å². The summed E-state index contributed by atoms with van der Waals surface area (Å²) < 4.78 is 5.73. The highest BCUT2D eigenvalue weighted by atomic mass is 35.5. The Kier molecular flexibility index (Phi) is 4.80. The van der Waals surface area contributed by atoms with Crippen LogP contribution in [0.4, 0.5) is 0 Å². The predicted molar refractivity (Wildman–Crippen MR) is 109 cm³/mol. The quantitative estimate of drug-likeness (QED) is 0.494. The Morgan fingerprint density at radius 2 is 1.83 bits per heavy atom. The summed E-state index contributed by atoms with van der Waals surface area (Å²) >= 11 is 11.9. The summed E-state index contributed by atoms with van der Waals surface area (Å²) in [5.41, 5.74) is 0.199. The molecule has 4 rings (SSSR count). The third-order valence-corrected chi connectivity index (χ3v) is 4.41. The van der Waals surface area contributed by atoms with E-state index in [-0.39, 0.29) is 28.2 Å². The number of fused-ring (bicyclic) bond motifs is 1. The van der Waals surface area contributed by atoms with Crippen LogP contribution in [0.15, 0.2) is 53.5 Å². The van der Waals surface area contributed by atoms with E-state index in [1.165, 1.54) is 18.3 Å². The van der Waals surface area contributed by atoms with Crippen LogP contribution in [0.3, 0.4) is 0 Å². The van der Waals surface area contributed by atoms with Crippen LogP contribution in [0.25, 0.3) is 22.4 Å². The number of aromatic amines is 1. The molecule has 0 unspecified atom stereocenters. The zero-order valence-corrected chi connectivity index (χ0v) is 16.0. The fourth-order valence-electron chi connectivity index (χ4n) is 2.71. The van der Waals surface area contributed by atoms with Crippen molar-refractivity contribution in [2.75, 3.05) is 0 Å². The van der Waals surface area contributed by atoms with Gasteiger partial charge in [-0.15, -0.1) is 0 Å². The summed E-state index contributed by atoms with van der Waals surface area (Å²) in [5.74, 6) is 0.647. The Morgan fingerprint density at radius 1 is 1.07 bits per heavy atom. The second-order valence-electron chi connectivity index (χ2n) is 6.00. The molecule has 0 radical (unpaired) electrons. The molecule has 0 saturated heterocycles. The lowest BCUT2D eigenvalue weighted by Crippen LogP contribution is -2.10. The summed E-state index contributed by atoms with van der Waals surface area (Å²) in [7, 11) is 0. The van der Waals surface area contributed by atoms with Gasteiger partial charge in [-0.2, -0.15) is 5.26 Å². The first-order chi connectivity index (χ1) is 13.9. The number of nitrogens with zero attached hydrogens (tertiary/aromatic N) is 3. The van der Waals surface area contributed by atoms with Crippen molar-refractivity contribution in [1.29, 1.82) is 5.26 Å². The van der Waals surface area contributed by atoms with Crippen molar-refractivity contribution in [2.24, 2.45) is 0 Å². The number of aromatic hydroxyl groups is 1. The Labute approximate surface area is 173 Å². The first-order valence-electron chi connectivity index (χ1n) is 8.20. The molecule has 0 aliphatic heterocycles. The van der Waals surface area contributed by atoms with Crippen LogP contribution in [0.1, 0.15) is 5.56 Å². The van der Waals surface area contributed by atoms with Gasteiger partial charge in [-0.1, -0.05) is 23.2 Å². The van der Waals surface area contributed by atoms with E-state index in [0.717, 1.165) is 0 Å². The van der Waals surface area contributed by atoms with Crippen LogP contribution in [0, 0.1) is 11.3 Å². The van der Waals surface area contributed by atoms with Gasteiger partial charge in [-0.05, 0) is 36.4 Å². The largest absolute Gasteiger partial charge is 0.505 e. The van der Waals surface area contributed by atoms with Gasteiger partial charge >= 0.3 is 0 Å². The molecule has 29 heavy (non-hydrogen) atoms. The monoisotopic (exact) mass is 424 g/mol. The Morgan fingerprint density at radius 3 is 2.52 bits per heavy atom. The topological polar surface area (TPSA) is 112 Å². The molecule has 2 aromatic heterocycles. The van der Waals surface area contributed by atoms with Crippen molar-refractivity contribution < 1.29 is 9.84 Å². The number of nitrogens with one attached hydrogen (secondary N) is 1. The molecule has 2 heterocycles. The number of halogens is 2. The molecular weight excluding hydrogens is 415 g/mol. The predicted octanol–water partition coefficient (Wildman–Crippen LogP) is 4.66. The minimum absolute atomic E-state index is 0.0666. The highest BCUT2D eigenvalue weighted by Gasteiger charge is 2.13. The highest BCUT2D eigenvalue weighted by molar-refractivity contribution is 6.34. The molecule has 0 bridgehead atoms. The first kappa shape index (κ1) is 18.7. The lowest BCUT2D eigenvalue weighted by molar-refractivity contribution is 0.474. The number of hydrogen-bond acceptors (Lipinski definition) is 6. The van der Waals surface area contributed by atoms with Crippen molar-refractivity contribution in [3.63, 3.8) is 0 Å². The fraction of sp³-hybridized carbons (Fsp3) is 0. The lowest BCUT2D eigenvalue weighted by Gasteiger charge is -2.08. The second kappa shape index (κ2) is 7.43. The molecule has 7 nitrogen and oxygen atoms in total. The number of aromatic nitrogens is 3. The average Bonchev–Trinajstić information content (AvgIpc) is 2.67. The van der Waals surface area contributed by atoms with Crippen LogP contribution >= 0.6 is 23.2 Å². The molecular formula is C20H10Cl2N4O3. The van der Waals surface area contributed by atoms with Crippen molar-refractivity contribution in [3.05, 3.63) is 74.6 Å². The number of pyridine rings is 1. The van der Waals surface area contributed by atoms with Gasteiger partial charge in [0, 0.05) is 22.3 Å². The molecule has 0 aliphatic rings. The van der Waals surface area contributed by atoms with Gasteiger partial charge in [0.2, 0.25) is 0 Å². The van der Waals surface area contributed by atoms with Crippen LogP contribution in [0.2, 0.25) is 10.0 Å². The Balaban J connectivity index is 1.74. The van der Waals surface area contributed by atoms with Crippen LogP contribution < -0.4 is 10.3 Å². The Hall–Kier alpha value is -3.60. The first-order valence-corrected chi connectivity index (χ1v) is 8.96. The third-order valence-electron chi connectivity index (χ3n) is 3.97. The van der Waals surface area contributed by atoms with Crippen molar-refractivity contribution >= 4 is 34.1 Å². The minimum Gasteiger partial charge on any atom is -0.505 e. The number of nitriles is 1. The number of hydrogen-bond donors (Lipinski definition) is 2. The van der Waals surface area contributed by atoms with Crippen LogP contribution in [-0.2, 0) is 0 Å². The maximum Gasteiger partial charge on any atom is 0.259 e. The van der Waals surface area contributed by atoms with E-state index in [2.05, 4.69) is 15.0 Å². The van der Waals surface area contributed by atoms with Gasteiger partial charge in [0.15, 0.2) is 5.82 Å². The van der Waals surface area contributed by atoms with E-state index in [4.69, 9.17) is 33.2 Å². The number of benzene rings is 2. The SMILES string of the molecule is N#Cc1cnc(-c2nc3ccc(Oc4cc(Cl)cc(Cl)c4)cc3c(=O)[nH]2)c(O)c1. The smallest absolute Gasteiger partial charge is 0.259 e. The molecule has 9 heteroatoms. The maximum absolute atomic E-state index is 12.6. The standard InChI is InChI=1S/C20H10Cl2N4O3/c21-11-4-12(22)6-14(5-11)29-13-1-2-16-15(7-13)20(28)26-19(25-16)18-17(27)3-10(8-23)9-24-18/h1-7,9,27H,(H,25,26,28). The fourth-order valence-corrected chi connectivity index (χ4v) is 3.22. The van der Waals surface area contributed by atoms with Gasteiger partial charge < -0.3 is 14.8 Å². The third kappa shape index (κ3) is 3.85. The zero-order chi connectivity index (χ0) is 20.5. The maximum atomic E-state index is 12.6. The van der Waals surface area contributed by atoms with Gasteiger partial charge in [0.1, 0.15) is 29.0 Å². The van der Waals surface area contributed by atoms with E-state index in [0.29, 0.717) is 27.1 Å². The Bertz CT molecular complexity index is 1340. The highest BCUT2D eigenvalue weighted by Crippen LogP contribution is 2.30. The summed E-state index contributed by atoms with van der Waals surface area (Å²) in [4.78, 5) is 23.5. The van der Waals surface area contributed by atoms with E-state index >= 15 is 0 Å². The summed E-state index contributed by atoms with van der Waals surface area (Å²) in [6.45, 7) is 0. The number of H-pyrrole nitrogens is 1. The molecule has 2 N–H and O–H groups in total. The minimum atomic E-state index is -0.440. The molecule has 0 atom stereocenters. The molecule has 142 valence electrons. The van der Waals surface area contributed by atoms with Crippen LogP contribution in [0.5, 0.6) is 17.2 Å². The number of ether oxygens (including phenoxy) is 1. The van der Waals surface area contributed by atoms with Crippen molar-refractivity contribution in [3.8, 4) is 34.8 Å². The molecule has 0 amide bonds. The van der Waals surface area contributed by atoms with Crippen molar-refractivity contribution in [2.45, 2.75) is 0 Å². The normalized spacial score (nSPS) is 10.7. The van der Waals surface area contributed by atoms with Crippen molar-refractivity contribution in [1.82, 2.24) is 15.0 Å². The van der Waals surface area contributed by atoms with E-state index < -0.39 is 5.56 Å². The average molecular weight is 425 g/mol. The van der Waals surface area contributed by atoms with Gasteiger partial charge in [-0.25, -0.2) is 9.97 Å². The van der Waals surface area contributed by atoms with E-state index in [1.54, 1.807) is 30.3 Å². The molecule has 4 aromatic rings. The summed E-state index contributed by atoms with van der Waals surface area (Å²) in [6, 6.07) is 12.7. The van der Waals surface area contributed by atoms with Gasteiger partial charge in [0.05, 0.1) is 16.5 Å². The molecule has 0 fully saturated rings. The molecule has 0 saturated carbocycles. The summed E-state index contributed by atoms with van der Waals surface area (Å²) in [5, 5.41) is 20.1. The zero-order valence-electron chi connectivity index (χ0n) is 14.5.